The molecule has 0 aromatic heterocycles. The number of aryl methyl sites for hydroxylation is 2. The molecule has 98 valence electrons. The first-order chi connectivity index (χ1) is 8.40. The van der Waals surface area contributed by atoms with Gasteiger partial charge in [0.15, 0.2) is 0 Å². The highest BCUT2D eigenvalue weighted by Crippen LogP contribution is 2.15. The maximum atomic E-state index is 12.1. The largest absolute Gasteiger partial charge is 0.241 e. The van der Waals surface area contributed by atoms with E-state index in [9.17, 15) is 8.42 Å². The molecule has 1 aromatic rings. The van der Waals surface area contributed by atoms with Gasteiger partial charge in [0.1, 0.15) is 0 Å². The molecule has 0 saturated carbocycles. The summed E-state index contributed by atoms with van der Waals surface area (Å²) < 4.78 is 26.8. The fraction of sp³-hybridized carbons (Fsp3) is 0.429. The average molecular weight is 265 g/mol. The number of rotatable bonds is 5. The van der Waals surface area contributed by atoms with E-state index in [0.717, 1.165) is 17.5 Å². The molecule has 1 rings (SSSR count). The predicted molar refractivity (Wildman–Crippen MR) is 73.8 cm³/mol. The Morgan fingerprint density at radius 1 is 1.33 bits per heavy atom. The van der Waals surface area contributed by atoms with Gasteiger partial charge in [0.25, 0.3) is 0 Å². The highest BCUT2D eigenvalue weighted by Gasteiger charge is 2.18. The van der Waals surface area contributed by atoms with Crippen molar-refractivity contribution in [2.45, 2.75) is 44.6 Å². The van der Waals surface area contributed by atoms with E-state index in [2.05, 4.69) is 10.6 Å². The Balaban J connectivity index is 2.99. The van der Waals surface area contributed by atoms with E-state index in [-0.39, 0.29) is 4.90 Å². The first-order valence-corrected chi connectivity index (χ1v) is 7.44. The third kappa shape index (κ3) is 3.59. The maximum Gasteiger partial charge on any atom is 0.241 e. The molecule has 0 radical (unpaired) electrons. The third-order valence-electron chi connectivity index (χ3n) is 2.86. The van der Waals surface area contributed by atoms with Crippen LogP contribution in [-0.2, 0) is 10.0 Å². The normalized spacial score (nSPS) is 13.0. The Morgan fingerprint density at radius 3 is 2.50 bits per heavy atom. The summed E-state index contributed by atoms with van der Waals surface area (Å²) in [5, 5.41) is 0. The molecule has 0 aliphatic heterocycles. The lowest BCUT2D eigenvalue weighted by Crippen LogP contribution is -2.33. The lowest BCUT2D eigenvalue weighted by molar-refractivity contribution is 0.564. The van der Waals surface area contributed by atoms with E-state index in [1.807, 2.05) is 20.8 Å². The molecular weight excluding hydrogens is 246 g/mol. The number of hydrogen-bond donors (Lipinski definition) is 1. The summed E-state index contributed by atoms with van der Waals surface area (Å²) >= 11 is 0. The Morgan fingerprint density at radius 2 is 2.00 bits per heavy atom. The van der Waals surface area contributed by atoms with Crippen LogP contribution in [0.25, 0.3) is 0 Å². The van der Waals surface area contributed by atoms with Crippen LogP contribution in [0.3, 0.4) is 0 Å². The van der Waals surface area contributed by atoms with Gasteiger partial charge in [0, 0.05) is 0 Å². The zero-order chi connectivity index (χ0) is 13.8. The molecule has 1 unspecified atom stereocenters. The molecular formula is C14H19NO2S. The first kappa shape index (κ1) is 14.7. The van der Waals surface area contributed by atoms with Gasteiger partial charge in [-0.05, 0) is 43.5 Å². The van der Waals surface area contributed by atoms with Gasteiger partial charge in [-0.1, -0.05) is 25.3 Å². The van der Waals surface area contributed by atoms with Gasteiger partial charge in [-0.3, -0.25) is 0 Å². The van der Waals surface area contributed by atoms with Crippen molar-refractivity contribution >= 4 is 10.0 Å². The first-order valence-electron chi connectivity index (χ1n) is 5.96. The molecule has 0 fully saturated rings. The van der Waals surface area contributed by atoms with Crippen LogP contribution >= 0.6 is 0 Å². The standard InChI is InChI=1S/C14H19NO2S/c1-5-7-13(6-2)15-18(16,17)14-9-8-11(3)12(4)10-14/h2,8-10,13,15H,5,7H2,1,3-4H3. The second-order valence-corrected chi connectivity index (χ2v) is 6.09. The molecule has 0 saturated heterocycles. The summed E-state index contributed by atoms with van der Waals surface area (Å²) in [6, 6.07) is 4.62. The zero-order valence-corrected chi connectivity index (χ0v) is 11.8. The van der Waals surface area contributed by atoms with E-state index < -0.39 is 16.1 Å². The number of benzene rings is 1. The molecule has 0 bridgehead atoms. The summed E-state index contributed by atoms with van der Waals surface area (Å²) in [5.41, 5.74) is 2.02. The van der Waals surface area contributed by atoms with Crippen molar-refractivity contribution in [1.82, 2.24) is 4.72 Å². The summed E-state index contributed by atoms with van der Waals surface area (Å²) in [7, 11) is -3.53. The van der Waals surface area contributed by atoms with Crippen molar-refractivity contribution in [3.8, 4) is 12.3 Å². The monoisotopic (exact) mass is 265 g/mol. The molecule has 0 heterocycles. The lowest BCUT2D eigenvalue weighted by atomic mass is 10.1. The molecule has 1 aromatic carbocycles. The van der Waals surface area contributed by atoms with E-state index >= 15 is 0 Å². The van der Waals surface area contributed by atoms with Crippen LogP contribution in [0.2, 0.25) is 0 Å². The average Bonchev–Trinajstić information content (AvgIpc) is 2.31. The van der Waals surface area contributed by atoms with E-state index in [1.54, 1.807) is 18.2 Å². The highest BCUT2D eigenvalue weighted by atomic mass is 32.2. The van der Waals surface area contributed by atoms with Crippen LogP contribution in [0.15, 0.2) is 23.1 Å². The number of terminal acetylenes is 1. The second-order valence-electron chi connectivity index (χ2n) is 4.38. The summed E-state index contributed by atoms with van der Waals surface area (Å²) in [6.45, 7) is 5.80. The van der Waals surface area contributed by atoms with Crippen LogP contribution < -0.4 is 4.72 Å². The topological polar surface area (TPSA) is 46.2 Å². The molecule has 3 nitrogen and oxygen atoms in total. The van der Waals surface area contributed by atoms with Crippen LogP contribution in [0.1, 0.15) is 30.9 Å². The van der Waals surface area contributed by atoms with E-state index in [4.69, 9.17) is 6.42 Å². The highest BCUT2D eigenvalue weighted by molar-refractivity contribution is 7.89. The van der Waals surface area contributed by atoms with Gasteiger partial charge in [-0.2, -0.15) is 4.72 Å². The SMILES string of the molecule is C#CC(CCC)NS(=O)(=O)c1ccc(C)c(C)c1. The third-order valence-corrected chi connectivity index (χ3v) is 4.33. The van der Waals surface area contributed by atoms with Crippen molar-refractivity contribution in [2.24, 2.45) is 0 Å². The van der Waals surface area contributed by atoms with Crippen LogP contribution in [0.4, 0.5) is 0 Å². The van der Waals surface area contributed by atoms with Gasteiger partial charge in [0.05, 0.1) is 10.9 Å². The van der Waals surface area contributed by atoms with Gasteiger partial charge in [-0.15, -0.1) is 6.42 Å². The molecule has 0 spiro atoms. The fourth-order valence-corrected chi connectivity index (χ4v) is 2.88. The Bertz CT molecular complexity index is 556. The summed E-state index contributed by atoms with van der Waals surface area (Å²) in [5.74, 6) is 2.46. The van der Waals surface area contributed by atoms with E-state index in [0.29, 0.717) is 6.42 Å². The number of sulfonamides is 1. The zero-order valence-electron chi connectivity index (χ0n) is 11.0. The molecule has 4 heteroatoms. The number of nitrogens with one attached hydrogen (secondary N) is 1. The minimum Gasteiger partial charge on any atom is -0.207 e. The molecule has 0 amide bonds. The summed E-state index contributed by atoms with van der Waals surface area (Å²) in [6.07, 6.45) is 6.80. The van der Waals surface area contributed by atoms with Crippen molar-refractivity contribution in [1.29, 1.82) is 0 Å². The maximum absolute atomic E-state index is 12.1. The van der Waals surface area contributed by atoms with Crippen LogP contribution in [0.5, 0.6) is 0 Å². The molecule has 0 aliphatic rings. The van der Waals surface area contributed by atoms with Crippen molar-refractivity contribution < 1.29 is 8.42 Å². The van der Waals surface area contributed by atoms with Gasteiger partial charge in [-0.25, -0.2) is 8.42 Å². The van der Waals surface area contributed by atoms with Crippen LogP contribution in [-0.4, -0.2) is 14.5 Å². The smallest absolute Gasteiger partial charge is 0.207 e. The van der Waals surface area contributed by atoms with Crippen molar-refractivity contribution in [3.05, 3.63) is 29.3 Å². The molecule has 1 atom stereocenters. The minimum absolute atomic E-state index is 0.266. The lowest BCUT2D eigenvalue weighted by Gasteiger charge is -2.13. The molecule has 0 aliphatic carbocycles. The quantitative estimate of drug-likeness (QED) is 0.831. The molecule has 18 heavy (non-hydrogen) atoms. The van der Waals surface area contributed by atoms with Crippen molar-refractivity contribution in [2.75, 3.05) is 0 Å². The Kier molecular flexibility index (Phi) is 4.94. The Hall–Kier alpha value is -1.31. The summed E-state index contributed by atoms with van der Waals surface area (Å²) in [4.78, 5) is 0.266. The minimum atomic E-state index is -3.53. The van der Waals surface area contributed by atoms with Crippen molar-refractivity contribution in [3.63, 3.8) is 0 Å². The Labute approximate surface area is 110 Å². The number of hydrogen-bond acceptors (Lipinski definition) is 2. The predicted octanol–water partition coefficient (Wildman–Crippen LogP) is 2.38. The van der Waals surface area contributed by atoms with Gasteiger partial charge in [0.2, 0.25) is 10.0 Å². The van der Waals surface area contributed by atoms with Crippen LogP contribution in [0, 0.1) is 26.2 Å². The fourth-order valence-electron chi connectivity index (χ4n) is 1.60. The second kappa shape index (κ2) is 6.03. The van der Waals surface area contributed by atoms with E-state index in [1.165, 1.54) is 0 Å². The molecule has 1 N–H and O–H groups in total. The van der Waals surface area contributed by atoms with Gasteiger partial charge >= 0.3 is 0 Å². The van der Waals surface area contributed by atoms with Gasteiger partial charge < -0.3 is 0 Å².